The van der Waals surface area contributed by atoms with Crippen molar-refractivity contribution >= 4 is 0 Å². The van der Waals surface area contributed by atoms with Crippen LogP contribution in [0.25, 0.3) is 0 Å². The van der Waals surface area contributed by atoms with Crippen LogP contribution in [0.5, 0.6) is 0 Å². The second-order valence-corrected chi connectivity index (χ2v) is 3.45. The molecule has 0 aliphatic heterocycles. The SMILES string of the molecule is C=CC(=C)NCCC(=C)/C=C(C)\C=C/C. The highest BCUT2D eigenvalue weighted by Crippen LogP contribution is 2.05. The summed E-state index contributed by atoms with van der Waals surface area (Å²) >= 11 is 0. The van der Waals surface area contributed by atoms with Gasteiger partial charge < -0.3 is 5.32 Å². The highest BCUT2D eigenvalue weighted by molar-refractivity contribution is 5.26. The Balaban J connectivity index is 3.90. The molecule has 0 radical (unpaired) electrons. The molecule has 0 saturated heterocycles. The van der Waals surface area contributed by atoms with Crippen LogP contribution in [0.1, 0.15) is 20.3 Å². The van der Waals surface area contributed by atoms with E-state index in [1.807, 2.05) is 13.0 Å². The third kappa shape index (κ3) is 7.56. The van der Waals surface area contributed by atoms with Gasteiger partial charge in [-0.25, -0.2) is 0 Å². The number of hydrogen-bond acceptors (Lipinski definition) is 1. The normalized spacial score (nSPS) is 11.5. The Hall–Kier alpha value is -1.50. The van der Waals surface area contributed by atoms with Crippen molar-refractivity contribution < 1.29 is 0 Å². The summed E-state index contributed by atoms with van der Waals surface area (Å²) in [4.78, 5) is 0. The molecule has 1 N–H and O–H groups in total. The highest BCUT2D eigenvalue weighted by Gasteiger charge is 1.91. The summed E-state index contributed by atoms with van der Waals surface area (Å²) in [5, 5.41) is 3.15. The molecule has 0 atom stereocenters. The molecule has 0 bridgehead atoms. The molecule has 0 aromatic rings. The van der Waals surface area contributed by atoms with Gasteiger partial charge in [0.25, 0.3) is 0 Å². The predicted molar refractivity (Wildman–Crippen MR) is 69.7 cm³/mol. The Morgan fingerprint density at radius 2 is 2.00 bits per heavy atom. The van der Waals surface area contributed by atoms with Crippen molar-refractivity contribution in [2.45, 2.75) is 20.3 Å². The predicted octanol–water partition coefficient (Wildman–Crippen LogP) is 3.74. The van der Waals surface area contributed by atoms with Crippen LogP contribution in [0.3, 0.4) is 0 Å². The minimum Gasteiger partial charge on any atom is -0.385 e. The smallest absolute Gasteiger partial charge is 0.0261 e. The van der Waals surface area contributed by atoms with Crippen LogP contribution in [-0.4, -0.2) is 6.54 Å². The van der Waals surface area contributed by atoms with Crippen molar-refractivity contribution in [3.8, 4) is 0 Å². The number of rotatable bonds is 7. The zero-order valence-corrected chi connectivity index (χ0v) is 9.84. The van der Waals surface area contributed by atoms with E-state index < -0.39 is 0 Å². The van der Waals surface area contributed by atoms with Gasteiger partial charge in [0.1, 0.15) is 0 Å². The minimum absolute atomic E-state index is 0.851. The van der Waals surface area contributed by atoms with Crippen molar-refractivity contribution in [1.82, 2.24) is 5.32 Å². The van der Waals surface area contributed by atoms with Crippen LogP contribution < -0.4 is 5.32 Å². The third-order valence-corrected chi connectivity index (χ3v) is 1.91. The molecule has 0 heterocycles. The molecule has 0 spiro atoms. The monoisotopic (exact) mass is 203 g/mol. The maximum Gasteiger partial charge on any atom is 0.0261 e. The van der Waals surface area contributed by atoms with Gasteiger partial charge >= 0.3 is 0 Å². The molecule has 0 unspecified atom stereocenters. The molecule has 0 aliphatic carbocycles. The van der Waals surface area contributed by atoms with Crippen LogP contribution in [0.4, 0.5) is 0 Å². The summed E-state index contributed by atoms with van der Waals surface area (Å²) in [6.45, 7) is 16.3. The molecule has 15 heavy (non-hydrogen) atoms. The van der Waals surface area contributed by atoms with Gasteiger partial charge in [-0.15, -0.1) is 0 Å². The Kier molecular flexibility index (Phi) is 7.08. The fourth-order valence-corrected chi connectivity index (χ4v) is 1.16. The summed E-state index contributed by atoms with van der Waals surface area (Å²) in [7, 11) is 0. The molecule has 1 heteroatoms. The van der Waals surface area contributed by atoms with Crippen LogP contribution >= 0.6 is 0 Å². The lowest BCUT2D eigenvalue weighted by molar-refractivity contribution is 0.811. The molecule has 0 saturated carbocycles. The van der Waals surface area contributed by atoms with Gasteiger partial charge in [0.05, 0.1) is 0 Å². The summed E-state index contributed by atoms with van der Waals surface area (Å²) < 4.78 is 0. The molecule has 0 fully saturated rings. The maximum absolute atomic E-state index is 3.99. The number of hydrogen-bond donors (Lipinski definition) is 1. The molecular weight excluding hydrogens is 182 g/mol. The van der Waals surface area contributed by atoms with Gasteiger partial charge in [-0.05, 0) is 26.3 Å². The number of allylic oxidation sites excluding steroid dienone is 5. The molecule has 0 amide bonds. The molecule has 0 aliphatic rings. The fourth-order valence-electron chi connectivity index (χ4n) is 1.16. The maximum atomic E-state index is 3.99. The standard InChI is InChI=1S/C14H21N/c1-6-8-12(3)11-13(4)9-10-15-14(5)7-2/h6-8,11,15H,2,4-5,9-10H2,1,3H3/b8-6-,12-11-. The van der Waals surface area contributed by atoms with Gasteiger partial charge in [-0.2, -0.15) is 0 Å². The van der Waals surface area contributed by atoms with E-state index in [9.17, 15) is 0 Å². The second-order valence-electron chi connectivity index (χ2n) is 3.45. The highest BCUT2D eigenvalue weighted by atomic mass is 14.9. The Labute approximate surface area is 93.6 Å². The van der Waals surface area contributed by atoms with Crippen molar-refractivity contribution in [2.24, 2.45) is 0 Å². The molecular formula is C14H21N. The summed E-state index contributed by atoms with van der Waals surface area (Å²) in [5.74, 6) is 0. The van der Waals surface area contributed by atoms with Gasteiger partial charge in [0.2, 0.25) is 0 Å². The Morgan fingerprint density at radius 3 is 2.53 bits per heavy atom. The molecule has 0 aromatic heterocycles. The van der Waals surface area contributed by atoms with Gasteiger partial charge in [0, 0.05) is 12.2 Å². The largest absolute Gasteiger partial charge is 0.385 e. The van der Waals surface area contributed by atoms with Crippen LogP contribution in [0, 0.1) is 0 Å². The first kappa shape index (κ1) is 13.5. The van der Waals surface area contributed by atoms with Crippen LogP contribution in [0.2, 0.25) is 0 Å². The van der Waals surface area contributed by atoms with Crippen LogP contribution in [-0.2, 0) is 0 Å². The first-order chi connectivity index (χ1) is 7.10. The van der Waals surface area contributed by atoms with Gasteiger partial charge in [-0.3, -0.25) is 0 Å². The van der Waals surface area contributed by atoms with E-state index in [-0.39, 0.29) is 0 Å². The fraction of sp³-hybridized carbons (Fsp3) is 0.286. The van der Waals surface area contributed by atoms with E-state index in [0.717, 1.165) is 24.2 Å². The van der Waals surface area contributed by atoms with Crippen LogP contribution in [0.15, 0.2) is 60.9 Å². The third-order valence-electron chi connectivity index (χ3n) is 1.91. The van der Waals surface area contributed by atoms with Crippen molar-refractivity contribution in [1.29, 1.82) is 0 Å². The molecule has 0 aromatic carbocycles. The van der Waals surface area contributed by atoms with E-state index in [1.165, 1.54) is 5.57 Å². The average Bonchev–Trinajstić information content (AvgIpc) is 2.17. The summed E-state index contributed by atoms with van der Waals surface area (Å²) in [6, 6.07) is 0. The van der Waals surface area contributed by atoms with E-state index in [4.69, 9.17) is 0 Å². The summed E-state index contributed by atoms with van der Waals surface area (Å²) in [5.41, 5.74) is 3.21. The zero-order valence-electron chi connectivity index (χ0n) is 9.84. The first-order valence-electron chi connectivity index (χ1n) is 5.14. The first-order valence-corrected chi connectivity index (χ1v) is 5.14. The topological polar surface area (TPSA) is 12.0 Å². The Morgan fingerprint density at radius 1 is 1.33 bits per heavy atom. The lowest BCUT2D eigenvalue weighted by Crippen LogP contribution is -2.12. The minimum atomic E-state index is 0.851. The van der Waals surface area contributed by atoms with E-state index in [2.05, 4.69) is 44.1 Å². The van der Waals surface area contributed by atoms with Gasteiger partial charge in [-0.1, -0.05) is 49.1 Å². The van der Waals surface area contributed by atoms with Crippen molar-refractivity contribution in [2.75, 3.05) is 6.54 Å². The van der Waals surface area contributed by atoms with E-state index in [0.29, 0.717) is 0 Å². The summed E-state index contributed by atoms with van der Waals surface area (Å²) in [6.07, 6.45) is 8.82. The van der Waals surface area contributed by atoms with E-state index >= 15 is 0 Å². The molecule has 0 rings (SSSR count). The van der Waals surface area contributed by atoms with Crippen molar-refractivity contribution in [3.63, 3.8) is 0 Å². The average molecular weight is 203 g/mol. The second kappa shape index (κ2) is 7.86. The lowest BCUT2D eigenvalue weighted by Gasteiger charge is -2.05. The quantitative estimate of drug-likeness (QED) is 0.621. The van der Waals surface area contributed by atoms with Gasteiger partial charge in [0.15, 0.2) is 0 Å². The van der Waals surface area contributed by atoms with Crippen molar-refractivity contribution in [3.05, 3.63) is 60.9 Å². The zero-order chi connectivity index (χ0) is 11.7. The molecule has 1 nitrogen and oxygen atoms in total. The Bertz CT molecular complexity index is 292. The lowest BCUT2D eigenvalue weighted by atomic mass is 10.1. The van der Waals surface area contributed by atoms with E-state index in [1.54, 1.807) is 6.08 Å². The number of nitrogens with one attached hydrogen (secondary N) is 1. The molecule has 82 valence electrons.